The molecule has 118 valence electrons. The predicted molar refractivity (Wildman–Crippen MR) is 85.6 cm³/mol. The second kappa shape index (κ2) is 6.79. The zero-order valence-corrected chi connectivity index (χ0v) is 13.7. The molecule has 3 N–H and O–H groups in total. The Hall–Kier alpha value is -0.0800. The van der Waals surface area contributed by atoms with Crippen LogP contribution >= 0.6 is 0 Å². The third-order valence-electron chi connectivity index (χ3n) is 6.48. The van der Waals surface area contributed by atoms with Crippen LogP contribution in [0.15, 0.2) is 0 Å². The van der Waals surface area contributed by atoms with Crippen LogP contribution in [0.4, 0.5) is 0 Å². The van der Waals surface area contributed by atoms with Gasteiger partial charge in [-0.25, -0.2) is 0 Å². The molecule has 2 unspecified atom stereocenters. The van der Waals surface area contributed by atoms with Gasteiger partial charge in [0.25, 0.3) is 0 Å². The lowest BCUT2D eigenvalue weighted by Gasteiger charge is -2.51. The first kappa shape index (κ1) is 16.3. The normalized spacial score (nSPS) is 43.2. The average Bonchev–Trinajstić information content (AvgIpc) is 2.63. The maximum atomic E-state index is 11.4. The van der Waals surface area contributed by atoms with E-state index in [-0.39, 0.29) is 5.41 Å². The molecule has 2 heteroatoms. The Bertz CT molecular complexity index is 296. The first-order valence-corrected chi connectivity index (χ1v) is 8.98. The van der Waals surface area contributed by atoms with Gasteiger partial charge in [-0.3, -0.25) is 0 Å². The Labute approximate surface area is 125 Å². The first-order chi connectivity index (χ1) is 9.55. The highest BCUT2D eigenvalue weighted by molar-refractivity contribution is 5.02. The fourth-order valence-electron chi connectivity index (χ4n) is 4.81. The summed E-state index contributed by atoms with van der Waals surface area (Å²) < 4.78 is 0. The van der Waals surface area contributed by atoms with E-state index < -0.39 is 5.60 Å². The highest BCUT2D eigenvalue weighted by Crippen LogP contribution is 2.51. The third-order valence-corrected chi connectivity index (χ3v) is 6.48. The van der Waals surface area contributed by atoms with Gasteiger partial charge in [0.15, 0.2) is 0 Å². The topological polar surface area (TPSA) is 46.2 Å². The van der Waals surface area contributed by atoms with E-state index in [1.165, 1.54) is 44.9 Å². The second-order valence-corrected chi connectivity index (χ2v) is 7.78. The van der Waals surface area contributed by atoms with Crippen LogP contribution in [0.2, 0.25) is 0 Å². The standard InChI is InChI=1S/C18H35NO/c1-3-5-16-8-11-17(14-19,12-9-16)18(20)10-4-6-15(2)7-13-18/h15-16,20H,3-14,19H2,1-2H3. The predicted octanol–water partition coefficient (Wildman–Crippen LogP) is 4.25. The summed E-state index contributed by atoms with van der Waals surface area (Å²) in [5, 5.41) is 11.4. The van der Waals surface area contributed by atoms with Crippen molar-refractivity contribution in [3.05, 3.63) is 0 Å². The summed E-state index contributed by atoms with van der Waals surface area (Å²) >= 11 is 0. The Morgan fingerprint density at radius 2 is 1.75 bits per heavy atom. The summed E-state index contributed by atoms with van der Waals surface area (Å²) in [6.45, 7) is 5.29. The molecule has 0 heterocycles. The molecule has 2 nitrogen and oxygen atoms in total. The molecule has 2 rings (SSSR count). The zero-order chi connectivity index (χ0) is 14.6. The van der Waals surface area contributed by atoms with Gasteiger partial charge in [-0.2, -0.15) is 0 Å². The lowest BCUT2D eigenvalue weighted by molar-refractivity contribution is -0.115. The minimum absolute atomic E-state index is 0.0152. The molecule has 2 aliphatic carbocycles. The van der Waals surface area contributed by atoms with Crippen LogP contribution in [0, 0.1) is 17.3 Å². The number of hydrogen-bond donors (Lipinski definition) is 2. The lowest BCUT2D eigenvalue weighted by Crippen LogP contribution is -2.54. The molecule has 2 fully saturated rings. The smallest absolute Gasteiger partial charge is 0.0715 e. The fraction of sp³-hybridized carbons (Fsp3) is 1.00. The van der Waals surface area contributed by atoms with E-state index in [2.05, 4.69) is 13.8 Å². The van der Waals surface area contributed by atoms with E-state index in [0.29, 0.717) is 6.54 Å². The van der Waals surface area contributed by atoms with Gasteiger partial charge in [-0.1, -0.05) is 39.5 Å². The van der Waals surface area contributed by atoms with Gasteiger partial charge in [0.05, 0.1) is 5.60 Å². The quantitative estimate of drug-likeness (QED) is 0.757. The summed E-state index contributed by atoms with van der Waals surface area (Å²) in [4.78, 5) is 0. The Morgan fingerprint density at radius 3 is 2.35 bits per heavy atom. The molecule has 20 heavy (non-hydrogen) atoms. The van der Waals surface area contributed by atoms with Crippen LogP contribution in [0.1, 0.15) is 84.5 Å². The molecule has 0 spiro atoms. The molecule has 0 bridgehead atoms. The highest BCUT2D eigenvalue weighted by atomic mass is 16.3. The SMILES string of the molecule is CCCC1CCC(CN)(C2(O)CCCC(C)CC2)CC1. The molecule has 0 aromatic rings. The first-order valence-electron chi connectivity index (χ1n) is 8.98. The molecule has 0 aliphatic heterocycles. The monoisotopic (exact) mass is 281 g/mol. The van der Waals surface area contributed by atoms with Gasteiger partial charge in [-0.05, 0) is 56.8 Å². The molecule has 2 saturated carbocycles. The van der Waals surface area contributed by atoms with E-state index in [9.17, 15) is 5.11 Å². The van der Waals surface area contributed by atoms with E-state index in [1.54, 1.807) is 0 Å². The largest absolute Gasteiger partial charge is 0.389 e. The van der Waals surface area contributed by atoms with Crippen molar-refractivity contribution in [1.29, 1.82) is 0 Å². The van der Waals surface area contributed by atoms with Crippen LogP contribution in [-0.2, 0) is 0 Å². The van der Waals surface area contributed by atoms with Gasteiger partial charge < -0.3 is 10.8 Å². The van der Waals surface area contributed by atoms with Gasteiger partial charge in [0.1, 0.15) is 0 Å². The Balaban J connectivity index is 2.06. The maximum absolute atomic E-state index is 11.4. The minimum Gasteiger partial charge on any atom is -0.389 e. The van der Waals surface area contributed by atoms with E-state index in [0.717, 1.165) is 37.5 Å². The van der Waals surface area contributed by atoms with Crippen molar-refractivity contribution in [3.63, 3.8) is 0 Å². The van der Waals surface area contributed by atoms with Crippen molar-refractivity contribution in [2.45, 2.75) is 90.1 Å². The molecular weight excluding hydrogens is 246 g/mol. The number of nitrogens with two attached hydrogens (primary N) is 1. The van der Waals surface area contributed by atoms with Gasteiger partial charge in [0, 0.05) is 12.0 Å². The summed E-state index contributed by atoms with van der Waals surface area (Å²) in [5.41, 5.74) is 5.73. The molecule has 2 atom stereocenters. The van der Waals surface area contributed by atoms with Crippen molar-refractivity contribution < 1.29 is 5.11 Å². The molecule has 0 aromatic carbocycles. The zero-order valence-electron chi connectivity index (χ0n) is 13.7. The summed E-state index contributed by atoms with van der Waals surface area (Å²) in [7, 11) is 0. The molecule has 0 radical (unpaired) electrons. The van der Waals surface area contributed by atoms with Crippen molar-refractivity contribution in [3.8, 4) is 0 Å². The maximum Gasteiger partial charge on any atom is 0.0715 e. The summed E-state index contributed by atoms with van der Waals surface area (Å²) in [5.74, 6) is 1.66. The van der Waals surface area contributed by atoms with E-state index >= 15 is 0 Å². The van der Waals surface area contributed by atoms with E-state index in [4.69, 9.17) is 5.73 Å². The average molecular weight is 281 g/mol. The summed E-state index contributed by atoms with van der Waals surface area (Å²) in [6.07, 6.45) is 13.1. The second-order valence-electron chi connectivity index (χ2n) is 7.78. The highest BCUT2D eigenvalue weighted by Gasteiger charge is 2.50. The molecule has 0 aromatic heterocycles. The molecular formula is C18H35NO. The van der Waals surface area contributed by atoms with Crippen LogP contribution in [-0.4, -0.2) is 17.3 Å². The van der Waals surface area contributed by atoms with Crippen LogP contribution in [0.3, 0.4) is 0 Å². The fourth-order valence-corrected chi connectivity index (χ4v) is 4.81. The number of hydrogen-bond acceptors (Lipinski definition) is 2. The van der Waals surface area contributed by atoms with Crippen LogP contribution < -0.4 is 5.73 Å². The van der Waals surface area contributed by atoms with Crippen LogP contribution in [0.5, 0.6) is 0 Å². The summed E-state index contributed by atoms with van der Waals surface area (Å²) in [6, 6.07) is 0. The van der Waals surface area contributed by atoms with E-state index in [1.807, 2.05) is 0 Å². The Morgan fingerprint density at radius 1 is 1.05 bits per heavy atom. The van der Waals surface area contributed by atoms with Crippen LogP contribution in [0.25, 0.3) is 0 Å². The molecule has 0 saturated heterocycles. The third kappa shape index (κ3) is 3.22. The molecule has 0 amide bonds. The number of rotatable bonds is 4. The lowest BCUT2D eigenvalue weighted by atomic mass is 9.58. The van der Waals surface area contributed by atoms with Gasteiger partial charge in [0.2, 0.25) is 0 Å². The molecule has 2 aliphatic rings. The van der Waals surface area contributed by atoms with Crippen molar-refractivity contribution in [1.82, 2.24) is 0 Å². The van der Waals surface area contributed by atoms with Gasteiger partial charge >= 0.3 is 0 Å². The minimum atomic E-state index is -0.482. The van der Waals surface area contributed by atoms with Crippen molar-refractivity contribution >= 4 is 0 Å². The van der Waals surface area contributed by atoms with Gasteiger partial charge in [-0.15, -0.1) is 0 Å². The Kier molecular flexibility index (Phi) is 5.53. The van der Waals surface area contributed by atoms with Crippen molar-refractivity contribution in [2.75, 3.05) is 6.54 Å². The number of aliphatic hydroxyl groups is 1. The van der Waals surface area contributed by atoms with Crippen molar-refractivity contribution in [2.24, 2.45) is 23.0 Å².